The number of rotatable bonds is 8. The molecule has 1 aliphatic heterocycles. The third-order valence-electron chi connectivity index (χ3n) is 7.85. The average molecular weight is 439 g/mol. The summed E-state index contributed by atoms with van der Waals surface area (Å²) in [5.41, 5.74) is 1.81. The van der Waals surface area contributed by atoms with Crippen LogP contribution in [-0.4, -0.2) is 35.8 Å². The summed E-state index contributed by atoms with van der Waals surface area (Å²) >= 11 is 0. The van der Waals surface area contributed by atoms with Crippen LogP contribution in [0.25, 0.3) is 0 Å². The molecule has 1 aromatic rings. The smallest absolute Gasteiger partial charge is 0.249 e. The Hall–Kier alpha value is -2.41. The second-order valence-corrected chi connectivity index (χ2v) is 10.5. The van der Waals surface area contributed by atoms with E-state index in [4.69, 9.17) is 0 Å². The molecular weight excluding hydrogens is 404 g/mol. The molecule has 3 amide bonds. The van der Waals surface area contributed by atoms with Crippen LogP contribution in [0, 0.1) is 17.8 Å². The van der Waals surface area contributed by atoms with Crippen molar-refractivity contribution in [3.8, 4) is 0 Å². The maximum Gasteiger partial charge on any atom is 0.249 e. The number of carbonyl (C=O) groups excluding carboxylic acids is 3. The summed E-state index contributed by atoms with van der Waals surface area (Å²) in [7, 11) is 0. The van der Waals surface area contributed by atoms with Crippen molar-refractivity contribution in [3.63, 3.8) is 0 Å². The van der Waals surface area contributed by atoms with E-state index in [2.05, 4.69) is 21.3 Å². The second kappa shape index (κ2) is 8.85. The monoisotopic (exact) mass is 438 g/mol. The number of hydrogen-bond acceptors (Lipinski definition) is 5. The predicted octanol–water partition coefficient (Wildman–Crippen LogP) is 3.18. The summed E-state index contributed by atoms with van der Waals surface area (Å²) in [6.07, 6.45) is 10.5. The van der Waals surface area contributed by atoms with Gasteiger partial charge in [0.15, 0.2) is 0 Å². The third kappa shape index (κ3) is 4.82. The highest BCUT2D eigenvalue weighted by Gasteiger charge is 2.50. The maximum absolute atomic E-state index is 12.5. The number of amides is 3. The summed E-state index contributed by atoms with van der Waals surface area (Å²) in [6.45, 7) is 0.899. The lowest BCUT2D eigenvalue weighted by molar-refractivity contribution is -0.133. The van der Waals surface area contributed by atoms with Gasteiger partial charge < -0.3 is 16.0 Å². The molecule has 4 N–H and O–H groups in total. The van der Waals surface area contributed by atoms with Crippen LogP contribution in [-0.2, 0) is 14.4 Å². The summed E-state index contributed by atoms with van der Waals surface area (Å²) < 4.78 is 0. The van der Waals surface area contributed by atoms with Crippen LogP contribution >= 0.6 is 0 Å². The van der Waals surface area contributed by atoms with E-state index in [1.54, 1.807) is 0 Å². The Morgan fingerprint density at radius 3 is 2.41 bits per heavy atom. The zero-order valence-electron chi connectivity index (χ0n) is 18.6. The Kier molecular flexibility index (Phi) is 5.93. The van der Waals surface area contributed by atoms with Crippen molar-refractivity contribution < 1.29 is 14.4 Å². The number of benzene rings is 1. The third-order valence-corrected chi connectivity index (χ3v) is 7.85. The van der Waals surface area contributed by atoms with Gasteiger partial charge in [-0.15, -0.1) is 0 Å². The van der Waals surface area contributed by atoms with E-state index in [0.717, 1.165) is 36.4 Å². The van der Waals surface area contributed by atoms with Crippen molar-refractivity contribution in [1.82, 2.24) is 10.6 Å². The van der Waals surface area contributed by atoms with Crippen molar-refractivity contribution in [1.29, 1.82) is 0 Å². The van der Waals surface area contributed by atoms with E-state index in [1.165, 1.54) is 38.5 Å². The molecule has 32 heavy (non-hydrogen) atoms. The molecule has 7 nitrogen and oxygen atoms in total. The number of piperidine rings is 1. The summed E-state index contributed by atoms with van der Waals surface area (Å²) in [5.74, 6) is 2.26. The molecule has 4 aliphatic carbocycles. The van der Waals surface area contributed by atoms with Gasteiger partial charge in [0.05, 0.1) is 0 Å². The lowest BCUT2D eigenvalue weighted by atomic mass is 9.53. The molecule has 0 aromatic heterocycles. The topological polar surface area (TPSA) is 99.3 Å². The van der Waals surface area contributed by atoms with E-state index >= 15 is 0 Å². The Morgan fingerprint density at radius 1 is 1.03 bits per heavy atom. The molecule has 1 saturated heterocycles. The second-order valence-electron chi connectivity index (χ2n) is 10.5. The van der Waals surface area contributed by atoms with Gasteiger partial charge in [-0.1, -0.05) is 6.07 Å². The number of carbonyl (C=O) groups is 3. The van der Waals surface area contributed by atoms with Crippen LogP contribution in [0.3, 0.4) is 0 Å². The summed E-state index contributed by atoms with van der Waals surface area (Å²) in [4.78, 5) is 35.7. The van der Waals surface area contributed by atoms with E-state index in [9.17, 15) is 14.4 Å². The molecule has 0 spiro atoms. The maximum atomic E-state index is 12.5. The Bertz CT molecular complexity index is 864. The largest absolute Gasteiger partial charge is 0.374 e. The van der Waals surface area contributed by atoms with Crippen LogP contribution in [0.1, 0.15) is 64.2 Å². The first-order valence-electron chi connectivity index (χ1n) is 12.2. The number of nitrogens with one attached hydrogen (secondary N) is 4. The van der Waals surface area contributed by atoms with Crippen molar-refractivity contribution in [2.45, 2.75) is 75.8 Å². The number of anilines is 2. The quantitative estimate of drug-likeness (QED) is 0.369. The lowest BCUT2D eigenvalue weighted by Gasteiger charge is -2.57. The van der Waals surface area contributed by atoms with Gasteiger partial charge in [0, 0.05) is 29.8 Å². The molecule has 1 heterocycles. The van der Waals surface area contributed by atoms with Crippen molar-refractivity contribution in [2.24, 2.45) is 17.8 Å². The molecule has 5 aliphatic rings. The Labute approximate surface area is 189 Å². The van der Waals surface area contributed by atoms with Crippen molar-refractivity contribution in [2.75, 3.05) is 17.2 Å². The Morgan fingerprint density at radius 2 is 1.72 bits per heavy atom. The molecule has 4 saturated carbocycles. The number of hydrogen-bond donors (Lipinski definition) is 4. The first kappa shape index (κ1) is 21.4. The van der Waals surface area contributed by atoms with Crippen LogP contribution in [0.15, 0.2) is 24.3 Å². The predicted molar refractivity (Wildman–Crippen MR) is 123 cm³/mol. The zero-order chi connectivity index (χ0) is 22.1. The standard InChI is InChI=1S/C25H34N4O3/c30-22(5-2-8-26-25-13-16-9-17(14-25)11-18(10-16)15-25)28-20-4-1-3-19(12-20)27-21-6-7-23(31)29-24(21)32/h1,3-4,12,16-18,21,26-27H,2,5-11,13-15H2,(H,28,30)(H,29,31,32). The van der Waals surface area contributed by atoms with E-state index in [1.807, 2.05) is 24.3 Å². The van der Waals surface area contributed by atoms with Gasteiger partial charge in [0.2, 0.25) is 17.7 Å². The SMILES string of the molecule is O=C1CCC(Nc2cccc(NC(=O)CCCNC34CC5CC(CC(C5)C3)C4)c2)C(=O)N1. The highest BCUT2D eigenvalue weighted by atomic mass is 16.2. The molecular formula is C25H34N4O3. The fourth-order valence-corrected chi connectivity index (χ4v) is 6.87. The van der Waals surface area contributed by atoms with Gasteiger partial charge in [-0.25, -0.2) is 0 Å². The molecule has 7 heteroatoms. The zero-order valence-corrected chi connectivity index (χ0v) is 18.6. The minimum atomic E-state index is -0.436. The molecule has 5 fully saturated rings. The van der Waals surface area contributed by atoms with Gasteiger partial charge in [-0.05, 0) is 93.9 Å². The van der Waals surface area contributed by atoms with Gasteiger partial charge in [-0.2, -0.15) is 0 Å². The molecule has 4 bridgehead atoms. The minimum Gasteiger partial charge on any atom is -0.374 e. The van der Waals surface area contributed by atoms with Gasteiger partial charge in [-0.3, -0.25) is 19.7 Å². The first-order chi connectivity index (χ1) is 15.5. The molecule has 172 valence electrons. The van der Waals surface area contributed by atoms with Crippen LogP contribution in [0.5, 0.6) is 0 Å². The average Bonchev–Trinajstić information content (AvgIpc) is 2.73. The van der Waals surface area contributed by atoms with Crippen LogP contribution < -0.4 is 21.3 Å². The van der Waals surface area contributed by atoms with Crippen molar-refractivity contribution >= 4 is 29.1 Å². The minimum absolute atomic E-state index is 0.00969. The summed E-state index contributed by atoms with van der Waals surface area (Å²) in [5, 5.41) is 12.3. The van der Waals surface area contributed by atoms with Crippen LogP contribution in [0.2, 0.25) is 0 Å². The van der Waals surface area contributed by atoms with E-state index in [0.29, 0.717) is 30.5 Å². The Balaban J connectivity index is 1.06. The van der Waals surface area contributed by atoms with Gasteiger partial charge in [0.1, 0.15) is 6.04 Å². The molecule has 1 unspecified atom stereocenters. The van der Waals surface area contributed by atoms with Crippen molar-refractivity contribution in [3.05, 3.63) is 24.3 Å². The molecule has 1 atom stereocenters. The molecule has 1 aromatic carbocycles. The lowest BCUT2D eigenvalue weighted by Crippen LogP contribution is -2.58. The van der Waals surface area contributed by atoms with E-state index < -0.39 is 6.04 Å². The molecule has 0 radical (unpaired) electrons. The number of imide groups is 1. The van der Waals surface area contributed by atoms with Crippen LogP contribution in [0.4, 0.5) is 11.4 Å². The van der Waals surface area contributed by atoms with Gasteiger partial charge >= 0.3 is 0 Å². The fraction of sp³-hybridized carbons (Fsp3) is 0.640. The summed E-state index contributed by atoms with van der Waals surface area (Å²) in [6, 6.07) is 6.94. The first-order valence-corrected chi connectivity index (χ1v) is 12.2. The highest BCUT2D eigenvalue weighted by Crippen LogP contribution is 2.55. The molecule has 6 rings (SSSR count). The normalized spacial score (nSPS) is 33.1. The highest BCUT2D eigenvalue weighted by molar-refractivity contribution is 6.01. The fourth-order valence-electron chi connectivity index (χ4n) is 6.87. The van der Waals surface area contributed by atoms with E-state index in [-0.39, 0.29) is 17.7 Å². The van der Waals surface area contributed by atoms with Gasteiger partial charge in [0.25, 0.3) is 0 Å².